The molecule has 3 heteroatoms. The van der Waals surface area contributed by atoms with Crippen LogP contribution in [0.25, 0.3) is 22.4 Å². The lowest BCUT2D eigenvalue weighted by Crippen LogP contribution is -2.02. The topological polar surface area (TPSA) is 37.8 Å². The summed E-state index contributed by atoms with van der Waals surface area (Å²) < 4.78 is 0. The van der Waals surface area contributed by atoms with E-state index in [1.54, 1.807) is 12.4 Å². The summed E-state index contributed by atoms with van der Waals surface area (Å²) in [4.78, 5) is 8.80. The fourth-order valence-electron chi connectivity index (χ4n) is 2.30. The van der Waals surface area contributed by atoms with E-state index in [0.717, 1.165) is 23.6 Å². The van der Waals surface area contributed by atoms with Crippen LogP contribution >= 0.6 is 0 Å². The Labute approximate surface area is 124 Å². The molecule has 0 bridgehead atoms. The Morgan fingerprint density at radius 2 is 1.38 bits per heavy atom. The van der Waals surface area contributed by atoms with Crippen LogP contribution in [0.1, 0.15) is 6.92 Å². The molecule has 0 spiro atoms. The second-order valence-electron chi connectivity index (χ2n) is 4.73. The van der Waals surface area contributed by atoms with Gasteiger partial charge in [-0.3, -0.25) is 4.98 Å². The van der Waals surface area contributed by atoms with Crippen LogP contribution in [0.4, 0.5) is 5.82 Å². The van der Waals surface area contributed by atoms with Gasteiger partial charge in [-0.15, -0.1) is 0 Å². The number of anilines is 1. The highest BCUT2D eigenvalue weighted by molar-refractivity contribution is 5.74. The molecule has 2 aromatic carbocycles. The molecule has 3 aromatic rings. The van der Waals surface area contributed by atoms with Gasteiger partial charge in [0.25, 0.3) is 0 Å². The Kier molecular flexibility index (Phi) is 3.92. The fraction of sp³-hybridized carbons (Fsp3) is 0.111. The van der Waals surface area contributed by atoms with Gasteiger partial charge in [-0.2, -0.15) is 0 Å². The summed E-state index contributed by atoms with van der Waals surface area (Å²) in [6.45, 7) is 2.88. The largest absolute Gasteiger partial charge is 0.369 e. The van der Waals surface area contributed by atoms with Crippen molar-refractivity contribution in [2.45, 2.75) is 6.92 Å². The fourth-order valence-corrected chi connectivity index (χ4v) is 2.30. The Morgan fingerprint density at radius 1 is 0.762 bits per heavy atom. The Balaban J connectivity index is 1.95. The summed E-state index contributed by atoms with van der Waals surface area (Å²) in [6, 6.07) is 18.8. The van der Waals surface area contributed by atoms with Gasteiger partial charge in [0.05, 0.1) is 0 Å². The summed E-state index contributed by atoms with van der Waals surface area (Å²) in [5.74, 6) is 0.826. The normalized spacial score (nSPS) is 10.3. The van der Waals surface area contributed by atoms with Gasteiger partial charge in [-0.25, -0.2) is 4.98 Å². The van der Waals surface area contributed by atoms with Crippen LogP contribution in [0.2, 0.25) is 0 Å². The van der Waals surface area contributed by atoms with Crippen molar-refractivity contribution in [2.24, 2.45) is 0 Å². The molecule has 1 N–H and O–H groups in total. The van der Waals surface area contributed by atoms with Crippen LogP contribution < -0.4 is 5.32 Å². The summed E-state index contributed by atoms with van der Waals surface area (Å²) in [6.07, 6.45) is 3.43. The molecular formula is C18H17N3. The van der Waals surface area contributed by atoms with Crippen LogP contribution in [-0.4, -0.2) is 16.5 Å². The number of nitrogens with zero attached hydrogens (tertiary/aromatic N) is 2. The van der Waals surface area contributed by atoms with Crippen molar-refractivity contribution >= 4 is 5.82 Å². The molecule has 1 heterocycles. The van der Waals surface area contributed by atoms with Crippen LogP contribution in [0, 0.1) is 0 Å². The summed E-state index contributed by atoms with van der Waals surface area (Å²) in [7, 11) is 0. The van der Waals surface area contributed by atoms with E-state index >= 15 is 0 Å². The number of hydrogen-bond acceptors (Lipinski definition) is 3. The summed E-state index contributed by atoms with van der Waals surface area (Å²) in [5, 5.41) is 3.25. The minimum absolute atomic E-state index is 0.826. The van der Waals surface area contributed by atoms with Crippen molar-refractivity contribution in [3.63, 3.8) is 0 Å². The summed E-state index contributed by atoms with van der Waals surface area (Å²) >= 11 is 0. The molecule has 1 aromatic heterocycles. The molecule has 3 nitrogen and oxygen atoms in total. The zero-order valence-electron chi connectivity index (χ0n) is 12.0. The Hall–Kier alpha value is -2.68. The molecule has 0 radical (unpaired) electrons. The maximum Gasteiger partial charge on any atom is 0.152 e. The maximum absolute atomic E-state index is 4.44. The lowest BCUT2D eigenvalue weighted by atomic mass is 10.0. The number of rotatable bonds is 4. The van der Waals surface area contributed by atoms with E-state index in [9.17, 15) is 0 Å². The average Bonchev–Trinajstić information content (AvgIpc) is 2.57. The highest BCUT2D eigenvalue weighted by Crippen LogP contribution is 2.26. The van der Waals surface area contributed by atoms with Crippen LogP contribution in [0.5, 0.6) is 0 Å². The van der Waals surface area contributed by atoms with E-state index in [2.05, 4.69) is 70.7 Å². The second-order valence-corrected chi connectivity index (χ2v) is 4.73. The molecule has 21 heavy (non-hydrogen) atoms. The number of benzene rings is 2. The highest BCUT2D eigenvalue weighted by atomic mass is 15.0. The third-order valence-electron chi connectivity index (χ3n) is 3.31. The third-order valence-corrected chi connectivity index (χ3v) is 3.31. The first kappa shape index (κ1) is 13.3. The van der Waals surface area contributed by atoms with Crippen molar-refractivity contribution in [3.8, 4) is 22.4 Å². The van der Waals surface area contributed by atoms with Crippen LogP contribution in [-0.2, 0) is 0 Å². The van der Waals surface area contributed by atoms with E-state index in [4.69, 9.17) is 0 Å². The standard InChI is InChI=1S/C18H17N3/c1-2-19-18-17(20-12-13-21-18)16-10-8-15(9-11-16)14-6-4-3-5-7-14/h3-13H,2H2,1H3,(H,19,21). The zero-order chi connectivity index (χ0) is 14.5. The van der Waals surface area contributed by atoms with E-state index < -0.39 is 0 Å². The van der Waals surface area contributed by atoms with Gasteiger partial charge in [-0.05, 0) is 18.1 Å². The molecule has 104 valence electrons. The summed E-state index contributed by atoms with van der Waals surface area (Å²) in [5.41, 5.74) is 4.38. The van der Waals surface area contributed by atoms with Gasteiger partial charge >= 0.3 is 0 Å². The number of hydrogen-bond donors (Lipinski definition) is 1. The van der Waals surface area contributed by atoms with Gasteiger partial charge in [0.2, 0.25) is 0 Å². The van der Waals surface area contributed by atoms with Crippen molar-refractivity contribution in [3.05, 3.63) is 67.0 Å². The first-order valence-electron chi connectivity index (χ1n) is 7.09. The smallest absolute Gasteiger partial charge is 0.152 e. The predicted molar refractivity (Wildman–Crippen MR) is 87.1 cm³/mol. The number of nitrogens with one attached hydrogen (secondary N) is 1. The predicted octanol–water partition coefficient (Wildman–Crippen LogP) is 4.24. The van der Waals surface area contributed by atoms with Gasteiger partial charge < -0.3 is 5.32 Å². The maximum atomic E-state index is 4.44. The molecule has 0 fully saturated rings. The van der Waals surface area contributed by atoms with E-state index in [1.165, 1.54) is 11.1 Å². The first-order valence-corrected chi connectivity index (χ1v) is 7.09. The van der Waals surface area contributed by atoms with Gasteiger partial charge in [0.15, 0.2) is 5.82 Å². The monoisotopic (exact) mass is 275 g/mol. The number of aromatic nitrogens is 2. The van der Waals surface area contributed by atoms with Gasteiger partial charge in [0.1, 0.15) is 5.69 Å². The first-order chi connectivity index (χ1) is 10.4. The molecule has 0 aliphatic rings. The second kappa shape index (κ2) is 6.18. The van der Waals surface area contributed by atoms with Crippen molar-refractivity contribution in [1.29, 1.82) is 0 Å². The van der Waals surface area contributed by atoms with Gasteiger partial charge in [-0.1, -0.05) is 54.6 Å². The molecule has 0 amide bonds. The molecule has 3 rings (SSSR count). The zero-order valence-corrected chi connectivity index (χ0v) is 12.0. The molecule has 0 atom stereocenters. The molecule has 0 unspecified atom stereocenters. The molecule has 0 aliphatic carbocycles. The van der Waals surface area contributed by atoms with Crippen molar-refractivity contribution in [2.75, 3.05) is 11.9 Å². The van der Waals surface area contributed by atoms with Gasteiger partial charge in [0, 0.05) is 24.5 Å². The average molecular weight is 275 g/mol. The van der Waals surface area contributed by atoms with E-state index in [-0.39, 0.29) is 0 Å². The third kappa shape index (κ3) is 2.92. The highest BCUT2D eigenvalue weighted by Gasteiger charge is 2.07. The molecular weight excluding hydrogens is 258 g/mol. The minimum Gasteiger partial charge on any atom is -0.369 e. The van der Waals surface area contributed by atoms with Crippen molar-refractivity contribution < 1.29 is 0 Å². The lowest BCUT2D eigenvalue weighted by Gasteiger charge is -2.09. The van der Waals surface area contributed by atoms with E-state index in [1.807, 2.05) is 6.07 Å². The molecule has 0 saturated heterocycles. The van der Waals surface area contributed by atoms with Crippen molar-refractivity contribution in [1.82, 2.24) is 9.97 Å². The quantitative estimate of drug-likeness (QED) is 0.773. The van der Waals surface area contributed by atoms with Crippen LogP contribution in [0.15, 0.2) is 67.0 Å². The van der Waals surface area contributed by atoms with E-state index in [0.29, 0.717) is 0 Å². The lowest BCUT2D eigenvalue weighted by molar-refractivity contribution is 1.12. The molecule has 0 aliphatic heterocycles. The SMILES string of the molecule is CCNc1nccnc1-c1ccc(-c2ccccc2)cc1. The molecule has 0 saturated carbocycles. The minimum atomic E-state index is 0.826. The van der Waals surface area contributed by atoms with Crippen LogP contribution in [0.3, 0.4) is 0 Å². The Bertz CT molecular complexity index is 706. The Morgan fingerprint density at radius 3 is 2.10 bits per heavy atom.